The molecular weight excluding hydrogens is 414 g/mol. The highest BCUT2D eigenvalue weighted by molar-refractivity contribution is 9.11. The highest BCUT2D eigenvalue weighted by Gasteiger charge is 2.22. The van der Waals surface area contributed by atoms with Crippen molar-refractivity contribution in [2.75, 3.05) is 26.4 Å². The van der Waals surface area contributed by atoms with Crippen molar-refractivity contribution in [2.24, 2.45) is 0 Å². The van der Waals surface area contributed by atoms with Gasteiger partial charge in [0.15, 0.2) is 0 Å². The molecule has 2 rings (SSSR count). The Kier molecular flexibility index (Phi) is 5.61. The van der Waals surface area contributed by atoms with E-state index in [2.05, 4.69) is 36.6 Å². The Balaban J connectivity index is 2.11. The van der Waals surface area contributed by atoms with Crippen molar-refractivity contribution in [3.63, 3.8) is 0 Å². The lowest BCUT2D eigenvalue weighted by Crippen LogP contribution is -2.39. The lowest BCUT2D eigenvalue weighted by molar-refractivity contribution is -0.0846. The molecule has 1 heterocycles. The molecule has 1 unspecified atom stereocenters. The second kappa shape index (κ2) is 6.85. The van der Waals surface area contributed by atoms with Gasteiger partial charge in [-0.05, 0) is 40.5 Å². The van der Waals surface area contributed by atoms with Crippen molar-refractivity contribution in [3.05, 3.63) is 26.6 Å². The van der Waals surface area contributed by atoms with E-state index >= 15 is 0 Å². The van der Waals surface area contributed by atoms with Crippen LogP contribution < -0.4 is 4.72 Å². The number of ether oxygens (including phenoxy) is 2. The summed E-state index contributed by atoms with van der Waals surface area (Å²) in [5.74, 6) is 0. The summed E-state index contributed by atoms with van der Waals surface area (Å²) >= 11 is 6.63. The highest BCUT2D eigenvalue weighted by Crippen LogP contribution is 2.28. The number of nitrogens with one attached hydrogen (secondary N) is 1. The third-order valence-corrected chi connectivity index (χ3v) is 6.13. The summed E-state index contributed by atoms with van der Waals surface area (Å²) in [4.78, 5) is 0.201. The first kappa shape index (κ1) is 16.4. The van der Waals surface area contributed by atoms with Crippen LogP contribution in [0, 0.1) is 6.92 Å². The molecule has 0 aromatic heterocycles. The predicted molar refractivity (Wildman–Crippen MR) is 82.3 cm³/mol. The van der Waals surface area contributed by atoms with Crippen molar-refractivity contribution >= 4 is 41.9 Å². The molecule has 1 N–H and O–H groups in total. The lowest BCUT2D eigenvalue weighted by atomic mass is 10.2. The van der Waals surface area contributed by atoms with Crippen molar-refractivity contribution < 1.29 is 17.9 Å². The molecule has 0 amide bonds. The number of sulfonamides is 1. The first-order chi connectivity index (χ1) is 9.40. The zero-order chi connectivity index (χ0) is 14.8. The Morgan fingerprint density at radius 2 is 2.05 bits per heavy atom. The molecule has 0 saturated carbocycles. The fraction of sp³-hybridized carbons (Fsp3) is 0.500. The van der Waals surface area contributed by atoms with E-state index in [0.29, 0.717) is 24.3 Å². The Bertz CT molecular complexity index is 585. The van der Waals surface area contributed by atoms with E-state index in [-0.39, 0.29) is 17.5 Å². The van der Waals surface area contributed by atoms with Gasteiger partial charge in [0.2, 0.25) is 10.0 Å². The van der Waals surface area contributed by atoms with Crippen LogP contribution >= 0.6 is 31.9 Å². The van der Waals surface area contributed by atoms with Gasteiger partial charge in [-0.25, -0.2) is 13.1 Å². The molecule has 112 valence electrons. The molecule has 0 bridgehead atoms. The van der Waals surface area contributed by atoms with Gasteiger partial charge in [0, 0.05) is 15.5 Å². The van der Waals surface area contributed by atoms with Gasteiger partial charge in [0.1, 0.15) is 0 Å². The van der Waals surface area contributed by atoms with Gasteiger partial charge < -0.3 is 9.47 Å². The molecule has 1 aliphatic rings. The lowest BCUT2D eigenvalue weighted by Gasteiger charge is -2.23. The van der Waals surface area contributed by atoms with E-state index in [0.717, 1.165) is 10.0 Å². The first-order valence-corrected chi connectivity index (χ1v) is 9.12. The summed E-state index contributed by atoms with van der Waals surface area (Å²) in [6.07, 6.45) is -0.244. The van der Waals surface area contributed by atoms with E-state index in [4.69, 9.17) is 9.47 Å². The zero-order valence-electron chi connectivity index (χ0n) is 10.9. The van der Waals surface area contributed by atoms with Gasteiger partial charge >= 0.3 is 0 Å². The third-order valence-electron chi connectivity index (χ3n) is 2.89. The van der Waals surface area contributed by atoms with Crippen LogP contribution in [-0.2, 0) is 19.5 Å². The van der Waals surface area contributed by atoms with Gasteiger partial charge in [0.05, 0.1) is 30.8 Å². The molecule has 1 saturated heterocycles. The minimum Gasteiger partial charge on any atom is -0.376 e. The smallest absolute Gasteiger partial charge is 0.241 e. The molecule has 1 aliphatic heterocycles. The summed E-state index contributed by atoms with van der Waals surface area (Å²) in [7, 11) is -3.59. The highest BCUT2D eigenvalue weighted by atomic mass is 79.9. The van der Waals surface area contributed by atoms with Crippen molar-refractivity contribution in [2.45, 2.75) is 17.9 Å². The Morgan fingerprint density at radius 3 is 2.70 bits per heavy atom. The average molecular weight is 429 g/mol. The van der Waals surface area contributed by atoms with Crippen molar-refractivity contribution in [1.82, 2.24) is 4.72 Å². The molecule has 0 aliphatic carbocycles. The number of rotatable bonds is 4. The van der Waals surface area contributed by atoms with Crippen LogP contribution in [0.3, 0.4) is 0 Å². The van der Waals surface area contributed by atoms with E-state index in [1.165, 1.54) is 0 Å². The van der Waals surface area contributed by atoms with Crippen LogP contribution in [0.25, 0.3) is 0 Å². The van der Waals surface area contributed by atoms with E-state index < -0.39 is 10.0 Å². The molecule has 1 fully saturated rings. The Labute approximate surface area is 135 Å². The summed E-state index contributed by atoms with van der Waals surface area (Å²) < 4.78 is 39.1. The van der Waals surface area contributed by atoms with E-state index in [1.807, 2.05) is 6.92 Å². The monoisotopic (exact) mass is 427 g/mol. The maximum absolute atomic E-state index is 12.3. The number of hydrogen-bond acceptors (Lipinski definition) is 4. The van der Waals surface area contributed by atoms with Crippen molar-refractivity contribution in [1.29, 1.82) is 0 Å². The standard InChI is InChI=1S/C12H15Br2NO4S/c1-8-4-11(14)12(5-10(8)13)20(16,17)15-6-9-7-18-2-3-19-9/h4-5,9,15H,2-3,6-7H2,1H3. The second-order valence-corrected chi connectivity index (χ2v) is 7.90. The molecule has 1 aromatic rings. The summed E-state index contributed by atoms with van der Waals surface area (Å²) in [6.45, 7) is 3.54. The fourth-order valence-electron chi connectivity index (χ4n) is 1.77. The molecule has 0 spiro atoms. The molecule has 20 heavy (non-hydrogen) atoms. The van der Waals surface area contributed by atoms with Gasteiger partial charge in [0.25, 0.3) is 0 Å². The zero-order valence-corrected chi connectivity index (χ0v) is 14.8. The number of hydrogen-bond donors (Lipinski definition) is 1. The first-order valence-electron chi connectivity index (χ1n) is 6.05. The number of halogens is 2. The predicted octanol–water partition coefficient (Wildman–Crippen LogP) is 2.21. The maximum atomic E-state index is 12.3. The summed E-state index contributed by atoms with van der Waals surface area (Å²) in [5.41, 5.74) is 0.958. The normalized spacial score (nSPS) is 20.1. The second-order valence-electron chi connectivity index (χ2n) is 4.45. The molecular formula is C12H15Br2NO4S. The van der Waals surface area contributed by atoms with Crippen LogP contribution in [0.1, 0.15) is 5.56 Å². The van der Waals surface area contributed by atoms with Gasteiger partial charge in [-0.2, -0.15) is 0 Å². The fourth-order valence-corrected chi connectivity index (χ4v) is 4.51. The van der Waals surface area contributed by atoms with Crippen molar-refractivity contribution in [3.8, 4) is 0 Å². The largest absolute Gasteiger partial charge is 0.376 e. The minimum atomic E-state index is -3.59. The van der Waals surface area contributed by atoms with Gasteiger partial charge in [-0.1, -0.05) is 15.9 Å². The Morgan fingerprint density at radius 1 is 1.30 bits per heavy atom. The molecule has 1 aromatic carbocycles. The quantitative estimate of drug-likeness (QED) is 0.798. The molecule has 0 radical (unpaired) electrons. The SMILES string of the molecule is Cc1cc(Br)c(S(=O)(=O)NCC2COCCO2)cc1Br. The van der Waals surface area contributed by atoms with Crippen LogP contribution in [0.15, 0.2) is 26.0 Å². The van der Waals surface area contributed by atoms with Crippen LogP contribution in [0.2, 0.25) is 0 Å². The topological polar surface area (TPSA) is 64.6 Å². The minimum absolute atomic E-state index is 0.195. The van der Waals surface area contributed by atoms with Crippen LogP contribution in [0.4, 0.5) is 0 Å². The summed E-state index contributed by atoms with van der Waals surface area (Å²) in [6, 6.07) is 3.35. The molecule has 1 atom stereocenters. The van der Waals surface area contributed by atoms with E-state index in [9.17, 15) is 8.42 Å². The Hall–Kier alpha value is 0.01000. The number of aryl methyl sites for hydroxylation is 1. The maximum Gasteiger partial charge on any atom is 0.241 e. The van der Waals surface area contributed by atoms with Crippen LogP contribution in [0.5, 0.6) is 0 Å². The average Bonchev–Trinajstić information content (AvgIpc) is 2.42. The molecule has 8 heteroatoms. The van der Waals surface area contributed by atoms with Gasteiger partial charge in [-0.15, -0.1) is 0 Å². The van der Waals surface area contributed by atoms with Crippen LogP contribution in [-0.4, -0.2) is 40.9 Å². The summed E-state index contributed by atoms with van der Waals surface area (Å²) in [5, 5.41) is 0. The third kappa shape index (κ3) is 4.02. The van der Waals surface area contributed by atoms with E-state index in [1.54, 1.807) is 12.1 Å². The van der Waals surface area contributed by atoms with Gasteiger partial charge in [-0.3, -0.25) is 0 Å². The number of benzene rings is 1. The molecule has 5 nitrogen and oxygen atoms in total.